The number of aromatic nitrogens is 2. The number of fused-ring (bicyclic) bond motifs is 1. The number of anilines is 1. The highest BCUT2D eigenvalue weighted by molar-refractivity contribution is 6.02. The van der Waals surface area contributed by atoms with Crippen LogP contribution in [0.1, 0.15) is 46.2 Å². The molecular weight excluding hydrogens is 384 g/mol. The molecule has 4 aromatic rings. The first-order valence-electron chi connectivity index (χ1n) is 10.5. The highest BCUT2D eigenvalue weighted by Crippen LogP contribution is 2.38. The zero-order valence-electron chi connectivity index (χ0n) is 17.3. The minimum atomic E-state index is -0.304. The summed E-state index contributed by atoms with van der Waals surface area (Å²) in [5, 5.41) is 8.15. The highest BCUT2D eigenvalue weighted by atomic mass is 16.2. The van der Waals surface area contributed by atoms with Gasteiger partial charge in [-0.25, -0.2) is 0 Å². The van der Waals surface area contributed by atoms with Crippen LogP contribution in [0.3, 0.4) is 0 Å². The minimum absolute atomic E-state index is 0.0199. The third kappa shape index (κ3) is 3.70. The summed E-state index contributed by atoms with van der Waals surface area (Å²) in [6.07, 6.45) is 3.57. The molecule has 5 nitrogen and oxygen atoms in total. The van der Waals surface area contributed by atoms with Crippen LogP contribution < -0.4 is 5.32 Å². The summed E-state index contributed by atoms with van der Waals surface area (Å²) < 4.78 is 1.92. The summed E-state index contributed by atoms with van der Waals surface area (Å²) in [7, 11) is 0. The Bertz CT molecular complexity index is 1190. The lowest BCUT2D eigenvalue weighted by molar-refractivity contribution is 0.0596. The van der Waals surface area contributed by atoms with Crippen LogP contribution in [0, 0.1) is 0 Å². The van der Waals surface area contributed by atoms with Gasteiger partial charge in [0.2, 0.25) is 0 Å². The van der Waals surface area contributed by atoms with Crippen LogP contribution in [0.25, 0.3) is 0 Å². The molecule has 1 aliphatic rings. The zero-order chi connectivity index (χ0) is 21.2. The molecule has 1 amide bonds. The number of amides is 1. The Morgan fingerprint density at radius 3 is 2.39 bits per heavy atom. The van der Waals surface area contributed by atoms with Gasteiger partial charge in [0.05, 0.1) is 24.3 Å². The SMILES string of the molecule is C[C@H](c1ccccc1)N1C(=O)c2ccccc2N[C@H]1c1cnn(Cc2ccccc2)c1. The molecule has 0 spiro atoms. The van der Waals surface area contributed by atoms with Gasteiger partial charge in [-0.2, -0.15) is 5.10 Å². The molecular formula is C26H24N4O. The third-order valence-corrected chi connectivity index (χ3v) is 5.82. The maximum atomic E-state index is 13.6. The van der Waals surface area contributed by atoms with Gasteiger partial charge >= 0.3 is 0 Å². The van der Waals surface area contributed by atoms with E-state index in [9.17, 15) is 4.79 Å². The number of nitrogens with one attached hydrogen (secondary N) is 1. The summed E-state index contributed by atoms with van der Waals surface area (Å²) >= 11 is 0. The Morgan fingerprint density at radius 2 is 1.61 bits per heavy atom. The fourth-order valence-electron chi connectivity index (χ4n) is 4.18. The van der Waals surface area contributed by atoms with Gasteiger partial charge in [-0.3, -0.25) is 9.48 Å². The molecule has 1 aliphatic heterocycles. The van der Waals surface area contributed by atoms with Crippen LogP contribution in [-0.4, -0.2) is 20.6 Å². The molecule has 0 fully saturated rings. The van der Waals surface area contributed by atoms with Crippen LogP contribution in [0.5, 0.6) is 0 Å². The van der Waals surface area contributed by atoms with Gasteiger partial charge in [0.25, 0.3) is 5.91 Å². The molecule has 5 rings (SSSR count). The monoisotopic (exact) mass is 408 g/mol. The van der Waals surface area contributed by atoms with E-state index in [1.54, 1.807) is 0 Å². The lowest BCUT2D eigenvalue weighted by Gasteiger charge is -2.41. The maximum Gasteiger partial charge on any atom is 0.258 e. The molecule has 2 atom stereocenters. The second-order valence-corrected chi connectivity index (χ2v) is 7.85. The quantitative estimate of drug-likeness (QED) is 0.490. The van der Waals surface area contributed by atoms with E-state index in [2.05, 4.69) is 41.6 Å². The van der Waals surface area contributed by atoms with Crippen molar-refractivity contribution >= 4 is 11.6 Å². The fraction of sp³-hybridized carbons (Fsp3) is 0.154. The molecule has 154 valence electrons. The van der Waals surface area contributed by atoms with Gasteiger partial charge in [0.15, 0.2) is 0 Å². The molecule has 3 aromatic carbocycles. The molecule has 0 aliphatic carbocycles. The molecule has 0 radical (unpaired) electrons. The standard InChI is InChI=1S/C26H24N4O/c1-19(21-12-6-3-7-13-21)30-25(28-24-15-9-8-14-23(24)26(30)31)22-16-27-29(18-22)17-20-10-4-2-5-11-20/h2-16,18-19,25,28H,17H2,1H3/t19-,25-/m1/s1. The predicted molar refractivity (Wildman–Crippen MR) is 122 cm³/mol. The van der Waals surface area contributed by atoms with E-state index in [0.717, 1.165) is 16.8 Å². The summed E-state index contributed by atoms with van der Waals surface area (Å²) in [6, 6.07) is 28.0. The van der Waals surface area contributed by atoms with E-state index in [-0.39, 0.29) is 18.1 Å². The van der Waals surface area contributed by atoms with Crippen molar-refractivity contribution in [3.8, 4) is 0 Å². The molecule has 0 saturated heterocycles. The predicted octanol–water partition coefficient (Wildman–Crippen LogP) is 5.26. The van der Waals surface area contributed by atoms with Crippen LogP contribution in [-0.2, 0) is 6.54 Å². The van der Waals surface area contributed by atoms with Crippen molar-refractivity contribution in [2.75, 3.05) is 5.32 Å². The second-order valence-electron chi connectivity index (χ2n) is 7.85. The Kier molecular flexibility index (Phi) is 5.00. The number of carbonyl (C=O) groups excluding carboxylic acids is 1. The first-order valence-corrected chi connectivity index (χ1v) is 10.5. The van der Waals surface area contributed by atoms with E-state index < -0.39 is 0 Å². The van der Waals surface area contributed by atoms with Crippen LogP contribution in [0.4, 0.5) is 5.69 Å². The van der Waals surface area contributed by atoms with E-state index in [1.165, 1.54) is 5.56 Å². The average molecular weight is 409 g/mol. The Hall–Kier alpha value is -3.86. The fourth-order valence-corrected chi connectivity index (χ4v) is 4.18. The van der Waals surface area contributed by atoms with Crippen LogP contribution >= 0.6 is 0 Å². The lowest BCUT2D eigenvalue weighted by atomic mass is 10.00. The smallest absolute Gasteiger partial charge is 0.258 e. The van der Waals surface area contributed by atoms with E-state index in [1.807, 2.05) is 82.6 Å². The summed E-state index contributed by atoms with van der Waals surface area (Å²) in [6.45, 7) is 2.76. The number of carbonyl (C=O) groups is 1. The van der Waals surface area contributed by atoms with Crippen molar-refractivity contribution < 1.29 is 4.79 Å². The molecule has 1 aromatic heterocycles. The van der Waals surface area contributed by atoms with Gasteiger partial charge in [-0.05, 0) is 30.2 Å². The minimum Gasteiger partial charge on any atom is -0.361 e. The van der Waals surface area contributed by atoms with Crippen molar-refractivity contribution in [1.29, 1.82) is 0 Å². The van der Waals surface area contributed by atoms with Gasteiger partial charge in [0, 0.05) is 17.4 Å². The number of para-hydroxylation sites is 1. The Morgan fingerprint density at radius 1 is 0.935 bits per heavy atom. The number of hydrogen-bond donors (Lipinski definition) is 1. The normalized spacial score (nSPS) is 16.5. The number of benzene rings is 3. The first-order chi connectivity index (χ1) is 15.2. The summed E-state index contributed by atoms with van der Waals surface area (Å²) in [5.74, 6) is 0.0199. The molecule has 31 heavy (non-hydrogen) atoms. The number of hydrogen-bond acceptors (Lipinski definition) is 3. The average Bonchev–Trinajstić information content (AvgIpc) is 3.28. The zero-order valence-corrected chi connectivity index (χ0v) is 17.3. The first kappa shape index (κ1) is 19.1. The van der Waals surface area contributed by atoms with E-state index in [0.29, 0.717) is 12.1 Å². The molecule has 0 saturated carbocycles. The van der Waals surface area contributed by atoms with Crippen molar-refractivity contribution in [2.24, 2.45) is 0 Å². The van der Waals surface area contributed by atoms with E-state index >= 15 is 0 Å². The van der Waals surface area contributed by atoms with Crippen molar-refractivity contribution in [3.05, 3.63) is 120 Å². The second kappa shape index (κ2) is 8.11. The summed E-state index contributed by atoms with van der Waals surface area (Å²) in [4.78, 5) is 15.5. The maximum absolute atomic E-state index is 13.6. The van der Waals surface area contributed by atoms with E-state index in [4.69, 9.17) is 0 Å². The van der Waals surface area contributed by atoms with Gasteiger partial charge in [0.1, 0.15) is 6.17 Å². The van der Waals surface area contributed by atoms with Crippen LogP contribution in [0.15, 0.2) is 97.3 Å². The Balaban J connectivity index is 1.51. The van der Waals surface area contributed by atoms with Crippen molar-refractivity contribution in [3.63, 3.8) is 0 Å². The number of nitrogens with zero attached hydrogens (tertiary/aromatic N) is 3. The lowest BCUT2D eigenvalue weighted by Crippen LogP contribution is -2.44. The molecule has 0 bridgehead atoms. The van der Waals surface area contributed by atoms with Crippen molar-refractivity contribution in [2.45, 2.75) is 25.7 Å². The Labute approximate surface area is 182 Å². The van der Waals surface area contributed by atoms with Crippen LogP contribution in [0.2, 0.25) is 0 Å². The van der Waals surface area contributed by atoms with Gasteiger partial charge in [-0.1, -0.05) is 72.8 Å². The highest BCUT2D eigenvalue weighted by Gasteiger charge is 2.36. The molecule has 1 N–H and O–H groups in total. The van der Waals surface area contributed by atoms with Gasteiger partial charge < -0.3 is 10.2 Å². The summed E-state index contributed by atoms with van der Waals surface area (Å²) in [5.41, 5.74) is 4.79. The molecule has 5 heteroatoms. The molecule has 0 unspecified atom stereocenters. The number of rotatable bonds is 5. The third-order valence-electron chi connectivity index (χ3n) is 5.82. The molecule has 2 heterocycles. The van der Waals surface area contributed by atoms with Gasteiger partial charge in [-0.15, -0.1) is 0 Å². The largest absolute Gasteiger partial charge is 0.361 e. The van der Waals surface area contributed by atoms with Crippen molar-refractivity contribution in [1.82, 2.24) is 14.7 Å². The topological polar surface area (TPSA) is 50.2 Å².